The van der Waals surface area contributed by atoms with E-state index in [1.807, 2.05) is 48.5 Å². The van der Waals surface area contributed by atoms with Crippen molar-refractivity contribution in [3.63, 3.8) is 0 Å². The molecule has 1 heterocycles. The summed E-state index contributed by atoms with van der Waals surface area (Å²) in [6.07, 6.45) is -0.271. The number of benzene rings is 2. The Morgan fingerprint density at radius 1 is 1.00 bits per heavy atom. The maximum atomic E-state index is 5.48. The minimum atomic E-state index is -0.271. The van der Waals surface area contributed by atoms with Crippen LogP contribution in [-0.4, -0.2) is 7.11 Å². The van der Waals surface area contributed by atoms with Crippen LogP contribution in [0.15, 0.2) is 58.8 Å². The molecule has 0 N–H and O–H groups in total. The van der Waals surface area contributed by atoms with Gasteiger partial charge in [-0.15, -0.1) is 5.11 Å². The second kappa shape index (κ2) is 4.58. The largest absolute Gasteiger partial charge is 0.458 e. The molecule has 0 saturated carbocycles. The minimum absolute atomic E-state index is 0.271. The van der Waals surface area contributed by atoms with E-state index < -0.39 is 0 Å². The molecule has 0 bridgehead atoms. The predicted octanol–water partition coefficient (Wildman–Crippen LogP) is 4.14. The molecule has 0 amide bonds. The molecule has 90 valence electrons. The third kappa shape index (κ3) is 1.87. The smallest absolute Gasteiger partial charge is 0.230 e. The van der Waals surface area contributed by atoms with Gasteiger partial charge in [-0.3, -0.25) is 0 Å². The first-order valence-corrected chi connectivity index (χ1v) is 5.67. The summed E-state index contributed by atoms with van der Waals surface area (Å²) in [6.45, 7) is 0. The standard InChI is InChI=1S/C14H12N2O2/c1-17-14-11-8-5-9-12(13(11)18-14)16-15-10-6-3-2-4-7-10/h2-9,14H,1H3. The Kier molecular flexibility index (Phi) is 2.78. The summed E-state index contributed by atoms with van der Waals surface area (Å²) < 4.78 is 10.6. The fourth-order valence-corrected chi connectivity index (χ4v) is 1.83. The monoisotopic (exact) mass is 240 g/mol. The van der Waals surface area contributed by atoms with E-state index in [1.54, 1.807) is 7.11 Å². The van der Waals surface area contributed by atoms with Crippen LogP contribution in [-0.2, 0) is 4.74 Å². The van der Waals surface area contributed by atoms with Crippen molar-refractivity contribution in [3.05, 3.63) is 54.1 Å². The molecule has 1 atom stereocenters. The van der Waals surface area contributed by atoms with Gasteiger partial charge in [0.25, 0.3) is 0 Å². The van der Waals surface area contributed by atoms with Crippen molar-refractivity contribution in [2.45, 2.75) is 6.29 Å². The molecule has 18 heavy (non-hydrogen) atoms. The Labute approximate surface area is 105 Å². The first-order chi connectivity index (χ1) is 8.88. The van der Waals surface area contributed by atoms with Crippen molar-refractivity contribution in [1.29, 1.82) is 0 Å². The second-order valence-electron chi connectivity index (χ2n) is 3.92. The molecular weight excluding hydrogens is 228 g/mol. The average Bonchev–Trinajstić information content (AvgIpc) is 2.40. The quantitative estimate of drug-likeness (QED) is 0.757. The molecule has 0 fully saturated rings. The van der Waals surface area contributed by atoms with Gasteiger partial charge in [0.05, 0.1) is 11.3 Å². The SMILES string of the molecule is COC1Oc2c(N=Nc3ccccc3)cccc21. The minimum Gasteiger partial charge on any atom is -0.458 e. The molecule has 2 aromatic rings. The van der Waals surface area contributed by atoms with Gasteiger partial charge in [0.2, 0.25) is 6.29 Å². The highest BCUT2D eigenvalue weighted by Crippen LogP contribution is 2.46. The molecule has 1 aliphatic rings. The second-order valence-corrected chi connectivity index (χ2v) is 3.92. The van der Waals surface area contributed by atoms with Gasteiger partial charge < -0.3 is 9.47 Å². The van der Waals surface area contributed by atoms with Gasteiger partial charge in [-0.25, -0.2) is 0 Å². The summed E-state index contributed by atoms with van der Waals surface area (Å²) in [7, 11) is 1.62. The van der Waals surface area contributed by atoms with Crippen LogP contribution in [0.25, 0.3) is 0 Å². The summed E-state index contributed by atoms with van der Waals surface area (Å²) in [5.74, 6) is 0.754. The summed E-state index contributed by atoms with van der Waals surface area (Å²) >= 11 is 0. The number of para-hydroxylation sites is 1. The number of nitrogens with zero attached hydrogens (tertiary/aromatic N) is 2. The number of rotatable bonds is 3. The number of azo groups is 1. The van der Waals surface area contributed by atoms with Crippen LogP contribution in [0.1, 0.15) is 11.9 Å². The highest BCUT2D eigenvalue weighted by Gasteiger charge is 2.30. The molecule has 3 rings (SSSR count). The van der Waals surface area contributed by atoms with Gasteiger partial charge in [0.15, 0.2) is 5.75 Å². The number of fused-ring (bicyclic) bond motifs is 1. The molecule has 4 nitrogen and oxygen atoms in total. The lowest BCUT2D eigenvalue weighted by atomic mass is 10.1. The zero-order chi connectivity index (χ0) is 12.4. The lowest BCUT2D eigenvalue weighted by molar-refractivity contribution is -0.0902. The lowest BCUT2D eigenvalue weighted by Gasteiger charge is -2.29. The average molecular weight is 240 g/mol. The Morgan fingerprint density at radius 2 is 1.83 bits per heavy atom. The van der Waals surface area contributed by atoms with E-state index in [2.05, 4.69) is 10.2 Å². The van der Waals surface area contributed by atoms with Crippen LogP contribution in [0, 0.1) is 0 Å². The van der Waals surface area contributed by atoms with E-state index in [9.17, 15) is 0 Å². The highest BCUT2D eigenvalue weighted by atomic mass is 16.7. The Morgan fingerprint density at radius 3 is 2.61 bits per heavy atom. The number of methoxy groups -OCH3 is 1. The first kappa shape index (κ1) is 10.9. The van der Waals surface area contributed by atoms with E-state index in [-0.39, 0.29) is 6.29 Å². The number of hydrogen-bond acceptors (Lipinski definition) is 4. The Balaban J connectivity index is 1.87. The predicted molar refractivity (Wildman–Crippen MR) is 67.4 cm³/mol. The van der Waals surface area contributed by atoms with Gasteiger partial charge >= 0.3 is 0 Å². The van der Waals surface area contributed by atoms with E-state index >= 15 is 0 Å². The molecule has 1 aliphatic heterocycles. The van der Waals surface area contributed by atoms with E-state index in [4.69, 9.17) is 9.47 Å². The summed E-state index contributed by atoms with van der Waals surface area (Å²) in [4.78, 5) is 0. The van der Waals surface area contributed by atoms with Crippen LogP contribution in [0.5, 0.6) is 5.75 Å². The summed E-state index contributed by atoms with van der Waals surface area (Å²) in [6, 6.07) is 15.4. The van der Waals surface area contributed by atoms with Gasteiger partial charge in [0.1, 0.15) is 5.69 Å². The highest BCUT2D eigenvalue weighted by molar-refractivity contribution is 5.60. The summed E-state index contributed by atoms with van der Waals surface area (Å²) in [5, 5.41) is 8.37. The van der Waals surface area contributed by atoms with Gasteiger partial charge in [-0.1, -0.05) is 24.3 Å². The zero-order valence-electron chi connectivity index (χ0n) is 9.91. The molecule has 0 aromatic heterocycles. The first-order valence-electron chi connectivity index (χ1n) is 5.67. The summed E-state index contributed by atoms with van der Waals surface area (Å²) in [5.41, 5.74) is 2.56. The van der Waals surface area contributed by atoms with E-state index in [0.29, 0.717) is 0 Å². The Bertz CT molecular complexity index is 582. The lowest BCUT2D eigenvalue weighted by Crippen LogP contribution is -2.20. The fraction of sp³-hybridized carbons (Fsp3) is 0.143. The molecule has 4 heteroatoms. The normalized spacial score (nSPS) is 17.1. The number of ether oxygens (including phenoxy) is 2. The van der Waals surface area contributed by atoms with Crippen molar-refractivity contribution in [2.24, 2.45) is 10.2 Å². The zero-order valence-corrected chi connectivity index (χ0v) is 9.91. The van der Waals surface area contributed by atoms with Crippen molar-refractivity contribution in [3.8, 4) is 5.75 Å². The van der Waals surface area contributed by atoms with Crippen LogP contribution in [0.4, 0.5) is 11.4 Å². The molecule has 0 aliphatic carbocycles. The maximum absolute atomic E-state index is 5.48. The van der Waals surface area contributed by atoms with Crippen molar-refractivity contribution < 1.29 is 9.47 Å². The van der Waals surface area contributed by atoms with Crippen molar-refractivity contribution in [1.82, 2.24) is 0 Å². The molecule has 0 saturated heterocycles. The molecule has 0 spiro atoms. The topological polar surface area (TPSA) is 43.2 Å². The van der Waals surface area contributed by atoms with E-state index in [1.165, 1.54) is 0 Å². The van der Waals surface area contributed by atoms with Crippen molar-refractivity contribution in [2.75, 3.05) is 7.11 Å². The van der Waals surface area contributed by atoms with Gasteiger partial charge in [0, 0.05) is 7.11 Å². The molecular formula is C14H12N2O2. The van der Waals surface area contributed by atoms with Crippen LogP contribution >= 0.6 is 0 Å². The van der Waals surface area contributed by atoms with Gasteiger partial charge in [-0.2, -0.15) is 5.11 Å². The van der Waals surface area contributed by atoms with E-state index in [0.717, 1.165) is 22.7 Å². The van der Waals surface area contributed by atoms with Crippen molar-refractivity contribution >= 4 is 11.4 Å². The van der Waals surface area contributed by atoms with Crippen LogP contribution < -0.4 is 4.74 Å². The van der Waals surface area contributed by atoms with Gasteiger partial charge in [-0.05, 0) is 24.3 Å². The molecule has 1 unspecified atom stereocenters. The third-order valence-electron chi connectivity index (χ3n) is 2.75. The number of hydrogen-bond donors (Lipinski definition) is 0. The maximum Gasteiger partial charge on any atom is 0.230 e. The molecule has 0 radical (unpaired) electrons. The Hall–Kier alpha value is -2.20. The van der Waals surface area contributed by atoms with Crippen LogP contribution in [0.2, 0.25) is 0 Å². The van der Waals surface area contributed by atoms with Crippen LogP contribution in [0.3, 0.4) is 0 Å². The molecule has 2 aromatic carbocycles. The fourth-order valence-electron chi connectivity index (χ4n) is 1.83. The third-order valence-corrected chi connectivity index (χ3v) is 2.75.